The Labute approximate surface area is 414 Å². The summed E-state index contributed by atoms with van der Waals surface area (Å²) in [5, 5.41) is 9.77. The van der Waals surface area contributed by atoms with Crippen LogP contribution < -0.4 is 0 Å². The molecule has 0 amide bonds. The maximum atomic E-state index is 12.8. The normalized spacial score (nSPS) is 14.0. The lowest BCUT2D eigenvalue weighted by Gasteiger charge is -2.21. The van der Waals surface area contributed by atoms with Crippen LogP contribution in [0.25, 0.3) is 0 Å². The van der Waals surface area contributed by atoms with Gasteiger partial charge in [-0.2, -0.15) is 0 Å². The second-order valence-corrected chi connectivity index (χ2v) is 19.1. The predicted octanol–water partition coefficient (Wildman–Crippen LogP) is 15.4. The van der Waals surface area contributed by atoms with E-state index in [0.29, 0.717) is 19.3 Å². The lowest BCUT2D eigenvalue weighted by molar-refractivity contribution is -0.161. The van der Waals surface area contributed by atoms with Crippen LogP contribution in [0.3, 0.4) is 0 Å². The van der Waals surface area contributed by atoms with E-state index in [2.05, 4.69) is 93.7 Å². The van der Waals surface area contributed by atoms with Crippen LogP contribution in [0.5, 0.6) is 0 Å². The van der Waals surface area contributed by atoms with Crippen molar-refractivity contribution in [3.8, 4) is 0 Å². The van der Waals surface area contributed by atoms with Gasteiger partial charge in [0.05, 0.1) is 19.8 Å². The second-order valence-electron chi connectivity index (χ2n) is 17.7. The molecule has 0 rings (SSSR count). The minimum Gasteiger partial charge on any atom is -0.462 e. The van der Waals surface area contributed by atoms with Gasteiger partial charge in [-0.15, -0.1) is 0 Å². The summed E-state index contributed by atoms with van der Waals surface area (Å²) in [5.41, 5.74) is 0. The third kappa shape index (κ3) is 48.0. The molecule has 0 fully saturated rings. The number of carbonyl (C=O) groups excluding carboxylic acids is 3. The number of allylic oxidation sites excluding steroid dienone is 12. The van der Waals surface area contributed by atoms with Crippen LogP contribution in [0, 0.1) is 0 Å². The van der Waals surface area contributed by atoms with Gasteiger partial charge < -0.3 is 24.2 Å². The number of rotatable bonds is 49. The van der Waals surface area contributed by atoms with Crippen molar-refractivity contribution in [2.24, 2.45) is 0 Å². The molecule has 0 bridgehead atoms. The quantitative estimate of drug-likeness (QED) is 0.0197. The number of aliphatic hydroxyl groups is 1. The maximum absolute atomic E-state index is 12.8. The van der Waals surface area contributed by atoms with E-state index in [-0.39, 0.29) is 25.9 Å². The summed E-state index contributed by atoms with van der Waals surface area (Å²) < 4.78 is 39.3. The molecule has 3 unspecified atom stereocenters. The number of phosphoric acid groups is 1. The lowest BCUT2D eigenvalue weighted by atomic mass is 10.1. The molecule has 2 N–H and O–H groups in total. The Bertz CT molecular complexity index is 1420. The summed E-state index contributed by atoms with van der Waals surface area (Å²) in [6, 6.07) is 0. The standard InChI is InChI=1S/C56H97O11P/c1-4-7-10-13-16-19-22-24-26-28-31-33-36-39-42-45-54(58)63-49-53(67-56(60)47-44-41-38-35-32-29-27-25-23-20-17-14-11-8-5-2)51-65-68(61,62)64-50-52(48-57)66-55(59)46-43-40-37-34-30-21-18-15-12-9-6-3/h8,11,15,17-18,20,24-27,32,35,52-53,57H,4-7,9-10,12-14,16,19,21-23,28-31,33-34,36-51H2,1-3H3,(H,61,62)/b11-8-,18-15-,20-17-,26-24-,27-25-,35-32-. The number of hydrogen-bond donors (Lipinski definition) is 2. The number of ether oxygens (including phenoxy) is 3. The van der Waals surface area contributed by atoms with Crippen LogP contribution in [-0.4, -0.2) is 66.5 Å². The van der Waals surface area contributed by atoms with Gasteiger partial charge in [-0.1, -0.05) is 177 Å². The zero-order chi connectivity index (χ0) is 49.9. The molecule has 0 spiro atoms. The van der Waals surface area contributed by atoms with Crippen molar-refractivity contribution in [1.29, 1.82) is 0 Å². The molecular formula is C56H97O11P. The zero-order valence-electron chi connectivity index (χ0n) is 43.1. The van der Waals surface area contributed by atoms with Crippen molar-refractivity contribution in [2.45, 2.75) is 238 Å². The molecule has 0 aromatic heterocycles. The smallest absolute Gasteiger partial charge is 0.462 e. The van der Waals surface area contributed by atoms with Gasteiger partial charge >= 0.3 is 25.7 Å². The van der Waals surface area contributed by atoms with E-state index in [9.17, 15) is 28.9 Å². The Morgan fingerprint density at radius 1 is 0.426 bits per heavy atom. The van der Waals surface area contributed by atoms with Crippen molar-refractivity contribution < 1.29 is 52.2 Å². The molecule has 0 aromatic rings. The Balaban J connectivity index is 4.83. The molecule has 0 radical (unpaired) electrons. The highest BCUT2D eigenvalue weighted by atomic mass is 31.2. The van der Waals surface area contributed by atoms with Gasteiger partial charge in [0.1, 0.15) is 12.7 Å². The third-order valence-electron chi connectivity index (χ3n) is 11.1. The fourth-order valence-electron chi connectivity index (χ4n) is 6.97. The number of hydrogen-bond acceptors (Lipinski definition) is 10. The first-order valence-corrected chi connectivity index (χ1v) is 28.3. The van der Waals surface area contributed by atoms with Gasteiger partial charge in [0, 0.05) is 19.3 Å². The van der Waals surface area contributed by atoms with E-state index >= 15 is 0 Å². The van der Waals surface area contributed by atoms with Crippen molar-refractivity contribution in [1.82, 2.24) is 0 Å². The van der Waals surface area contributed by atoms with E-state index in [4.69, 9.17) is 23.3 Å². The predicted molar refractivity (Wildman–Crippen MR) is 279 cm³/mol. The van der Waals surface area contributed by atoms with Gasteiger partial charge in [-0.25, -0.2) is 4.57 Å². The van der Waals surface area contributed by atoms with E-state index in [1.807, 2.05) is 0 Å². The van der Waals surface area contributed by atoms with E-state index < -0.39 is 57.8 Å². The molecule has 0 aliphatic rings. The summed E-state index contributed by atoms with van der Waals surface area (Å²) in [5.74, 6) is -1.54. The van der Waals surface area contributed by atoms with Crippen LogP contribution in [-0.2, 0) is 42.2 Å². The van der Waals surface area contributed by atoms with Crippen LogP contribution >= 0.6 is 7.82 Å². The highest BCUT2D eigenvalue weighted by Gasteiger charge is 2.28. The molecule has 12 heteroatoms. The molecule has 392 valence electrons. The van der Waals surface area contributed by atoms with Crippen LogP contribution in [0.15, 0.2) is 72.9 Å². The number of phosphoric ester groups is 1. The number of carbonyl (C=O) groups is 3. The number of unbranched alkanes of at least 4 members (excludes halogenated alkanes) is 20. The SMILES string of the molecule is CC/C=C\C/C=C\C/C=C\C/C=C\CCCCC(=O)OC(COC(=O)CCCCCCC/C=C\CCCCCCCC)COP(=O)(O)OCC(CO)OC(=O)CCCCCCC/C=C\CCCC. The summed E-state index contributed by atoms with van der Waals surface area (Å²) in [4.78, 5) is 48.3. The van der Waals surface area contributed by atoms with Crippen molar-refractivity contribution in [2.75, 3.05) is 26.4 Å². The Morgan fingerprint density at radius 2 is 0.779 bits per heavy atom. The van der Waals surface area contributed by atoms with E-state index in [1.54, 1.807) is 0 Å². The highest BCUT2D eigenvalue weighted by Crippen LogP contribution is 2.43. The minimum atomic E-state index is -4.76. The average Bonchev–Trinajstić information content (AvgIpc) is 3.32. The molecule has 0 saturated carbocycles. The number of esters is 3. The first kappa shape index (κ1) is 64.9. The zero-order valence-corrected chi connectivity index (χ0v) is 43.9. The summed E-state index contributed by atoms with van der Waals surface area (Å²) in [6.45, 7) is 4.41. The number of aliphatic hydroxyl groups excluding tert-OH is 1. The van der Waals surface area contributed by atoms with Crippen LogP contribution in [0.2, 0.25) is 0 Å². The van der Waals surface area contributed by atoms with E-state index in [0.717, 1.165) is 116 Å². The maximum Gasteiger partial charge on any atom is 0.472 e. The third-order valence-corrected chi connectivity index (χ3v) is 12.0. The van der Waals surface area contributed by atoms with Crippen LogP contribution in [0.4, 0.5) is 0 Å². The van der Waals surface area contributed by atoms with Gasteiger partial charge in [0.2, 0.25) is 0 Å². The van der Waals surface area contributed by atoms with Crippen molar-refractivity contribution >= 4 is 25.7 Å². The lowest BCUT2D eigenvalue weighted by Crippen LogP contribution is -2.30. The van der Waals surface area contributed by atoms with Gasteiger partial charge in [0.25, 0.3) is 0 Å². The average molecular weight is 977 g/mol. The Kier molecular flexibility index (Phi) is 48.0. The molecule has 0 saturated heterocycles. The Hall–Kier alpha value is -3.08. The summed E-state index contributed by atoms with van der Waals surface area (Å²) in [6.07, 6.45) is 54.5. The van der Waals surface area contributed by atoms with Gasteiger partial charge in [0.15, 0.2) is 6.10 Å². The molecule has 11 nitrogen and oxygen atoms in total. The van der Waals surface area contributed by atoms with Crippen molar-refractivity contribution in [3.63, 3.8) is 0 Å². The van der Waals surface area contributed by atoms with E-state index in [1.165, 1.54) is 51.4 Å². The van der Waals surface area contributed by atoms with Gasteiger partial charge in [-0.3, -0.25) is 23.4 Å². The molecule has 0 heterocycles. The second kappa shape index (κ2) is 50.3. The molecule has 0 aliphatic carbocycles. The first-order valence-electron chi connectivity index (χ1n) is 26.8. The van der Waals surface area contributed by atoms with Gasteiger partial charge in [-0.05, 0) is 103 Å². The summed E-state index contributed by atoms with van der Waals surface area (Å²) in [7, 11) is -4.76. The fourth-order valence-corrected chi connectivity index (χ4v) is 7.75. The summed E-state index contributed by atoms with van der Waals surface area (Å²) >= 11 is 0. The largest absolute Gasteiger partial charge is 0.472 e. The first-order chi connectivity index (χ1) is 33.2. The topological polar surface area (TPSA) is 155 Å². The van der Waals surface area contributed by atoms with Crippen LogP contribution in [0.1, 0.15) is 226 Å². The minimum absolute atomic E-state index is 0.112. The molecule has 3 atom stereocenters. The molecule has 0 aromatic carbocycles. The molecule has 0 aliphatic heterocycles. The van der Waals surface area contributed by atoms with Crippen molar-refractivity contribution in [3.05, 3.63) is 72.9 Å². The highest BCUT2D eigenvalue weighted by molar-refractivity contribution is 7.47. The Morgan fingerprint density at radius 3 is 1.26 bits per heavy atom. The monoisotopic (exact) mass is 977 g/mol. The molecular weight excluding hydrogens is 880 g/mol. The fraction of sp³-hybridized carbons (Fsp3) is 0.732. The molecule has 68 heavy (non-hydrogen) atoms.